The van der Waals surface area contributed by atoms with E-state index in [1.165, 1.54) is 0 Å². The topological polar surface area (TPSA) is 52.4 Å². The summed E-state index contributed by atoms with van der Waals surface area (Å²) in [5, 5.41) is 6.87. The minimum Gasteiger partial charge on any atom is -0.342 e. The van der Waals surface area contributed by atoms with Crippen LogP contribution in [0.3, 0.4) is 0 Å². The number of anilines is 1. The number of nitrogens with zero attached hydrogens (tertiary/aromatic N) is 5. The van der Waals surface area contributed by atoms with Gasteiger partial charge in [-0.2, -0.15) is 31.4 Å². The molecular weight excluding hydrogens is 462 g/mol. The van der Waals surface area contributed by atoms with Gasteiger partial charge in [0.25, 0.3) is 0 Å². The molecule has 0 amide bonds. The van der Waals surface area contributed by atoms with E-state index in [0.717, 1.165) is 22.6 Å². The molecule has 0 aliphatic carbocycles. The lowest BCUT2D eigenvalue weighted by molar-refractivity contribution is -0.157. The van der Waals surface area contributed by atoms with E-state index in [1.807, 2.05) is 0 Å². The quantitative estimate of drug-likeness (QED) is 0.407. The third kappa shape index (κ3) is 4.99. The molecule has 3 heterocycles. The van der Waals surface area contributed by atoms with Crippen molar-refractivity contribution in [2.45, 2.75) is 24.9 Å². The Morgan fingerprint density at radius 2 is 1.74 bits per heavy atom. The first kappa shape index (κ1) is 23.6. The maximum absolute atomic E-state index is 13.9. The molecule has 34 heavy (non-hydrogen) atoms. The first-order chi connectivity index (χ1) is 16.1. The molecule has 1 N–H and O–H groups in total. The third-order valence-corrected chi connectivity index (χ3v) is 5.61. The molecule has 1 saturated heterocycles. The molecule has 1 aromatic carbocycles. The highest BCUT2D eigenvalue weighted by atomic mass is 19.4. The van der Waals surface area contributed by atoms with Crippen molar-refractivity contribution in [3.8, 4) is 11.3 Å². The lowest BCUT2D eigenvalue weighted by atomic mass is 10.1. The summed E-state index contributed by atoms with van der Waals surface area (Å²) in [7, 11) is 0. The summed E-state index contributed by atoms with van der Waals surface area (Å²) in [5.74, 6) is -0.154. The van der Waals surface area contributed by atoms with Gasteiger partial charge in [0, 0.05) is 37.9 Å². The van der Waals surface area contributed by atoms with Gasteiger partial charge in [-0.1, -0.05) is 24.3 Å². The van der Waals surface area contributed by atoms with Gasteiger partial charge in [0.1, 0.15) is 11.9 Å². The van der Waals surface area contributed by atoms with Gasteiger partial charge in [0.2, 0.25) is 0 Å². The minimum absolute atomic E-state index is 0.0601. The number of piperazine rings is 1. The second-order valence-electron chi connectivity index (χ2n) is 7.82. The number of halogens is 6. The fourth-order valence-electron chi connectivity index (χ4n) is 3.89. The lowest BCUT2D eigenvalue weighted by Crippen LogP contribution is -2.59. The average molecular weight is 480 g/mol. The number of benzene rings is 1. The molecule has 1 fully saturated rings. The molecule has 6 nitrogen and oxygen atoms in total. The van der Waals surface area contributed by atoms with E-state index in [1.54, 1.807) is 35.4 Å². The Kier molecular flexibility index (Phi) is 6.22. The molecule has 3 aromatic rings. The zero-order valence-electron chi connectivity index (χ0n) is 17.5. The maximum atomic E-state index is 13.9. The van der Waals surface area contributed by atoms with Crippen LogP contribution in [-0.4, -0.2) is 51.9 Å². The second-order valence-corrected chi connectivity index (χ2v) is 7.82. The molecule has 178 valence electrons. The van der Waals surface area contributed by atoms with E-state index >= 15 is 0 Å². The Hall–Kier alpha value is -3.59. The Morgan fingerprint density at radius 1 is 1.00 bits per heavy atom. The number of pyridine rings is 1. The predicted octanol–water partition coefficient (Wildman–Crippen LogP) is 5.29. The Bertz CT molecular complexity index is 1160. The van der Waals surface area contributed by atoms with Crippen molar-refractivity contribution in [3.05, 3.63) is 71.3 Å². The number of H-pyrrole nitrogens is 1. The molecule has 1 atom stereocenters. The van der Waals surface area contributed by atoms with Gasteiger partial charge in [-0.3, -0.25) is 10.00 Å². The standard InChI is InChI=1S/C22H18F6N6/c1-29-17-5-2-14(3-6-17)20-15(10-31-32-20)12-33-8-9-34(18(13-33)22(26,27)28)19-7-4-16(11-30-19)21(23,24)25/h2-7,10-11,18H,8-9,12-13H2,(H,31,32)/t18-/m0/s1. The summed E-state index contributed by atoms with van der Waals surface area (Å²) in [5.41, 5.74) is 1.53. The molecule has 0 radical (unpaired) electrons. The molecule has 0 bridgehead atoms. The van der Waals surface area contributed by atoms with Crippen LogP contribution in [0, 0.1) is 6.57 Å². The van der Waals surface area contributed by atoms with Crippen molar-refractivity contribution in [1.29, 1.82) is 0 Å². The first-order valence-corrected chi connectivity index (χ1v) is 10.2. The highest BCUT2D eigenvalue weighted by Gasteiger charge is 2.47. The highest BCUT2D eigenvalue weighted by Crippen LogP contribution is 2.34. The molecule has 0 spiro atoms. The summed E-state index contributed by atoms with van der Waals surface area (Å²) < 4.78 is 80.1. The minimum atomic E-state index is -4.62. The fraction of sp³-hybridized carbons (Fsp3) is 0.318. The second kappa shape index (κ2) is 8.98. The summed E-state index contributed by atoms with van der Waals surface area (Å²) >= 11 is 0. The van der Waals surface area contributed by atoms with Crippen LogP contribution in [0.25, 0.3) is 16.1 Å². The van der Waals surface area contributed by atoms with Gasteiger partial charge >= 0.3 is 12.4 Å². The number of alkyl halides is 6. The fourth-order valence-corrected chi connectivity index (χ4v) is 3.89. The van der Waals surface area contributed by atoms with Gasteiger partial charge < -0.3 is 4.90 Å². The van der Waals surface area contributed by atoms with E-state index in [0.29, 0.717) is 23.1 Å². The highest BCUT2D eigenvalue weighted by molar-refractivity contribution is 5.65. The van der Waals surface area contributed by atoms with E-state index < -0.39 is 24.0 Å². The van der Waals surface area contributed by atoms with Gasteiger partial charge in [0.15, 0.2) is 5.69 Å². The van der Waals surface area contributed by atoms with Crippen LogP contribution in [0.1, 0.15) is 11.1 Å². The summed E-state index contributed by atoms with van der Waals surface area (Å²) in [6.07, 6.45) is -7.14. The van der Waals surface area contributed by atoms with E-state index in [2.05, 4.69) is 20.0 Å². The Balaban J connectivity index is 1.52. The first-order valence-electron chi connectivity index (χ1n) is 10.2. The average Bonchev–Trinajstić information content (AvgIpc) is 3.26. The van der Waals surface area contributed by atoms with E-state index in [-0.39, 0.29) is 32.0 Å². The summed E-state index contributed by atoms with van der Waals surface area (Å²) in [6.45, 7) is 7.03. The third-order valence-electron chi connectivity index (χ3n) is 5.61. The molecule has 12 heteroatoms. The van der Waals surface area contributed by atoms with E-state index in [4.69, 9.17) is 6.57 Å². The maximum Gasteiger partial charge on any atom is 0.417 e. The normalized spacial score (nSPS) is 17.6. The molecule has 1 aliphatic heterocycles. The van der Waals surface area contributed by atoms with Gasteiger partial charge in [0.05, 0.1) is 24.0 Å². The molecule has 4 rings (SSSR count). The van der Waals surface area contributed by atoms with Crippen LogP contribution >= 0.6 is 0 Å². The smallest absolute Gasteiger partial charge is 0.342 e. The summed E-state index contributed by atoms with van der Waals surface area (Å²) in [6, 6.07) is 6.52. The van der Waals surface area contributed by atoms with Crippen molar-refractivity contribution in [3.63, 3.8) is 0 Å². The predicted molar refractivity (Wildman–Crippen MR) is 112 cm³/mol. The largest absolute Gasteiger partial charge is 0.417 e. The van der Waals surface area contributed by atoms with Crippen LogP contribution in [0.15, 0.2) is 48.8 Å². The number of hydrogen-bond acceptors (Lipinski definition) is 4. The number of rotatable bonds is 4. The number of aromatic nitrogens is 3. The van der Waals surface area contributed by atoms with Crippen molar-refractivity contribution in [2.75, 3.05) is 24.5 Å². The molecule has 1 aliphatic rings. The molecule has 2 aromatic heterocycles. The molecular formula is C22H18F6N6. The Morgan fingerprint density at radius 3 is 2.32 bits per heavy atom. The number of aromatic amines is 1. The summed E-state index contributed by atoms with van der Waals surface area (Å²) in [4.78, 5) is 9.61. The van der Waals surface area contributed by atoms with Crippen LogP contribution in [0.4, 0.5) is 37.8 Å². The SMILES string of the molecule is [C-]#[N+]c1ccc(-c2[nH]ncc2CN2CCN(c3ccc(C(F)(F)F)cn3)[C@H](C(F)(F)F)C2)cc1. The monoisotopic (exact) mass is 480 g/mol. The zero-order chi connectivity index (χ0) is 24.5. The van der Waals surface area contributed by atoms with E-state index in [9.17, 15) is 26.3 Å². The number of hydrogen-bond donors (Lipinski definition) is 1. The zero-order valence-corrected chi connectivity index (χ0v) is 17.5. The van der Waals surface area contributed by atoms with Gasteiger partial charge in [-0.25, -0.2) is 9.83 Å². The van der Waals surface area contributed by atoms with Gasteiger partial charge in [-0.05, 0) is 17.7 Å². The van der Waals surface area contributed by atoms with Crippen LogP contribution in [-0.2, 0) is 12.7 Å². The number of nitrogens with one attached hydrogen (secondary N) is 1. The molecule has 0 unspecified atom stereocenters. The Labute approximate surface area is 190 Å². The van der Waals surface area contributed by atoms with Crippen LogP contribution < -0.4 is 4.90 Å². The van der Waals surface area contributed by atoms with Crippen molar-refractivity contribution < 1.29 is 26.3 Å². The van der Waals surface area contributed by atoms with Gasteiger partial charge in [-0.15, -0.1) is 0 Å². The lowest BCUT2D eigenvalue weighted by Gasteiger charge is -2.42. The van der Waals surface area contributed by atoms with Crippen molar-refractivity contribution in [2.24, 2.45) is 0 Å². The molecule has 0 saturated carbocycles. The van der Waals surface area contributed by atoms with Crippen LogP contribution in [0.5, 0.6) is 0 Å². The van der Waals surface area contributed by atoms with Crippen LogP contribution in [0.2, 0.25) is 0 Å². The van der Waals surface area contributed by atoms with Crippen molar-refractivity contribution >= 4 is 11.5 Å². The van der Waals surface area contributed by atoms with Crippen molar-refractivity contribution in [1.82, 2.24) is 20.1 Å².